The molecule has 0 bridgehead atoms. The van der Waals surface area contributed by atoms with Gasteiger partial charge in [-0.05, 0) is 24.3 Å². The topological polar surface area (TPSA) is 99.6 Å². The van der Waals surface area contributed by atoms with Crippen molar-refractivity contribution >= 4 is 17.6 Å². The van der Waals surface area contributed by atoms with Gasteiger partial charge in [-0.1, -0.05) is 18.2 Å². The molecule has 1 aromatic heterocycles. The summed E-state index contributed by atoms with van der Waals surface area (Å²) in [5.41, 5.74) is 1.83. The molecule has 0 aliphatic heterocycles. The van der Waals surface area contributed by atoms with Gasteiger partial charge in [0.05, 0.1) is 25.6 Å². The fourth-order valence-corrected chi connectivity index (χ4v) is 3.35. The van der Waals surface area contributed by atoms with E-state index < -0.39 is 17.2 Å². The fourth-order valence-electron chi connectivity index (χ4n) is 2.51. The lowest BCUT2D eigenvalue weighted by molar-refractivity contribution is 0.367. The lowest BCUT2D eigenvalue weighted by Crippen LogP contribution is -2.12. The molecule has 3 N–H and O–H groups in total. The van der Waals surface area contributed by atoms with E-state index in [1.165, 1.54) is 29.7 Å². The van der Waals surface area contributed by atoms with Crippen LogP contribution in [-0.2, 0) is 0 Å². The Hall–Kier alpha value is -3.52. The molecule has 0 aliphatic carbocycles. The maximum Gasteiger partial charge on any atom is 0.206 e. The molecular formula is C20H19N3O4S. The number of aromatic nitrogens is 1. The molecule has 1 heterocycles. The molecule has 144 valence electrons. The van der Waals surface area contributed by atoms with Crippen LogP contribution in [-0.4, -0.2) is 39.9 Å². The van der Waals surface area contributed by atoms with Gasteiger partial charge in [-0.3, -0.25) is 4.99 Å². The number of benzene rings is 2. The standard InChI is InChI=1S/C20H19N3O4S/c1-3-10-21-20-23(22-11-13-8-9-16(24)19(26)18(13)25)15(12-28-20)14-6-4-5-7-17(14)27-2/h3-9,11-12,24-26H,1,10H2,2H3. The maximum absolute atomic E-state index is 10.0. The monoisotopic (exact) mass is 397 g/mol. The zero-order valence-electron chi connectivity index (χ0n) is 15.1. The molecule has 8 heteroatoms. The summed E-state index contributed by atoms with van der Waals surface area (Å²) in [4.78, 5) is 5.07. The number of rotatable bonds is 6. The van der Waals surface area contributed by atoms with Crippen LogP contribution < -0.4 is 9.54 Å². The zero-order valence-corrected chi connectivity index (χ0v) is 15.9. The molecule has 0 amide bonds. The fraction of sp³-hybridized carbons (Fsp3) is 0.100. The molecule has 0 fully saturated rings. The summed E-state index contributed by atoms with van der Waals surface area (Å²) in [6.07, 6.45) is 3.06. The van der Waals surface area contributed by atoms with E-state index in [0.29, 0.717) is 17.1 Å². The van der Waals surface area contributed by atoms with E-state index in [1.54, 1.807) is 17.9 Å². The summed E-state index contributed by atoms with van der Waals surface area (Å²) >= 11 is 1.40. The number of phenolic OH excluding ortho intramolecular Hbond substituents is 3. The van der Waals surface area contributed by atoms with E-state index in [-0.39, 0.29) is 5.56 Å². The first kappa shape index (κ1) is 19.2. The SMILES string of the molecule is C=CCN=c1scc(-c2ccccc2OC)n1N=Cc1ccc(O)c(O)c1O. The summed E-state index contributed by atoms with van der Waals surface area (Å²) in [6.45, 7) is 4.10. The van der Waals surface area contributed by atoms with E-state index in [0.717, 1.165) is 11.3 Å². The summed E-state index contributed by atoms with van der Waals surface area (Å²) in [5, 5.41) is 35.5. The predicted octanol–water partition coefficient (Wildman–Crippen LogP) is 3.31. The second-order valence-electron chi connectivity index (χ2n) is 5.66. The van der Waals surface area contributed by atoms with Crippen LogP contribution in [0, 0.1) is 0 Å². The minimum absolute atomic E-state index is 0.245. The minimum atomic E-state index is -0.596. The Morgan fingerprint density at radius 3 is 2.68 bits per heavy atom. The molecular weight excluding hydrogens is 378 g/mol. The van der Waals surface area contributed by atoms with E-state index in [1.807, 2.05) is 29.6 Å². The van der Waals surface area contributed by atoms with Gasteiger partial charge in [-0.2, -0.15) is 5.10 Å². The van der Waals surface area contributed by atoms with E-state index in [4.69, 9.17) is 4.74 Å². The molecule has 3 rings (SSSR count). The smallest absolute Gasteiger partial charge is 0.206 e. The first-order chi connectivity index (χ1) is 13.6. The van der Waals surface area contributed by atoms with Gasteiger partial charge >= 0.3 is 0 Å². The van der Waals surface area contributed by atoms with Crippen LogP contribution in [0.4, 0.5) is 0 Å². The third kappa shape index (κ3) is 3.77. The van der Waals surface area contributed by atoms with Crippen LogP contribution in [0.1, 0.15) is 5.56 Å². The number of methoxy groups -OCH3 is 1. The van der Waals surface area contributed by atoms with Crippen molar-refractivity contribution in [3.63, 3.8) is 0 Å². The Balaban J connectivity index is 2.15. The number of nitrogens with zero attached hydrogens (tertiary/aromatic N) is 3. The van der Waals surface area contributed by atoms with Crippen LogP contribution in [0.5, 0.6) is 23.0 Å². The van der Waals surface area contributed by atoms with E-state index in [9.17, 15) is 15.3 Å². The second kappa shape index (κ2) is 8.45. The van der Waals surface area contributed by atoms with Crippen molar-refractivity contribution in [3.8, 4) is 34.3 Å². The summed E-state index contributed by atoms with van der Waals surface area (Å²) in [6, 6.07) is 10.3. The van der Waals surface area contributed by atoms with Gasteiger partial charge in [-0.25, -0.2) is 4.68 Å². The van der Waals surface area contributed by atoms with Gasteiger partial charge in [0.15, 0.2) is 11.5 Å². The number of ether oxygens (including phenoxy) is 1. The van der Waals surface area contributed by atoms with E-state index in [2.05, 4.69) is 16.7 Å². The molecule has 2 aromatic carbocycles. The number of hydrogen-bond acceptors (Lipinski definition) is 7. The van der Waals surface area contributed by atoms with Gasteiger partial charge < -0.3 is 20.1 Å². The lowest BCUT2D eigenvalue weighted by atomic mass is 10.1. The zero-order chi connectivity index (χ0) is 20.1. The molecule has 0 saturated heterocycles. The third-order valence-electron chi connectivity index (χ3n) is 3.90. The molecule has 0 unspecified atom stereocenters. The highest BCUT2D eigenvalue weighted by Crippen LogP contribution is 2.36. The summed E-state index contributed by atoms with van der Waals surface area (Å²) in [7, 11) is 1.60. The molecule has 0 aliphatic rings. The highest BCUT2D eigenvalue weighted by atomic mass is 32.1. The molecule has 0 spiro atoms. The van der Waals surface area contributed by atoms with Crippen molar-refractivity contribution in [1.29, 1.82) is 0 Å². The highest BCUT2D eigenvalue weighted by Gasteiger charge is 2.13. The largest absolute Gasteiger partial charge is 0.504 e. The average molecular weight is 397 g/mol. The number of phenols is 3. The number of para-hydroxylation sites is 1. The van der Waals surface area contributed by atoms with Crippen molar-refractivity contribution in [3.05, 3.63) is 64.8 Å². The van der Waals surface area contributed by atoms with Crippen molar-refractivity contribution in [2.24, 2.45) is 10.1 Å². The maximum atomic E-state index is 10.0. The van der Waals surface area contributed by atoms with Crippen LogP contribution in [0.2, 0.25) is 0 Å². The summed E-state index contributed by atoms with van der Waals surface area (Å²) < 4.78 is 7.07. The predicted molar refractivity (Wildman–Crippen MR) is 109 cm³/mol. The van der Waals surface area contributed by atoms with Crippen molar-refractivity contribution < 1.29 is 20.1 Å². The molecule has 3 aromatic rings. The molecule has 7 nitrogen and oxygen atoms in total. The van der Waals surface area contributed by atoms with Gasteiger partial charge in [0.25, 0.3) is 0 Å². The van der Waals surface area contributed by atoms with Crippen LogP contribution in [0.3, 0.4) is 0 Å². The van der Waals surface area contributed by atoms with Gasteiger partial charge in [0.2, 0.25) is 10.6 Å². The van der Waals surface area contributed by atoms with Crippen molar-refractivity contribution in [1.82, 2.24) is 4.68 Å². The Morgan fingerprint density at radius 1 is 1.14 bits per heavy atom. The number of hydrogen-bond donors (Lipinski definition) is 3. The van der Waals surface area contributed by atoms with Gasteiger partial charge in [0.1, 0.15) is 5.75 Å². The summed E-state index contributed by atoms with van der Waals surface area (Å²) in [5.74, 6) is -0.775. The Morgan fingerprint density at radius 2 is 1.93 bits per heavy atom. The van der Waals surface area contributed by atoms with Gasteiger partial charge in [-0.15, -0.1) is 17.9 Å². The van der Waals surface area contributed by atoms with Crippen molar-refractivity contribution in [2.75, 3.05) is 13.7 Å². The highest BCUT2D eigenvalue weighted by molar-refractivity contribution is 7.07. The minimum Gasteiger partial charge on any atom is -0.504 e. The second-order valence-corrected chi connectivity index (χ2v) is 6.50. The first-order valence-corrected chi connectivity index (χ1v) is 9.18. The Bertz CT molecular complexity index is 1100. The molecule has 0 saturated carbocycles. The first-order valence-electron chi connectivity index (χ1n) is 8.30. The molecule has 0 atom stereocenters. The molecule has 0 radical (unpaired) electrons. The van der Waals surface area contributed by atoms with Crippen LogP contribution in [0.15, 0.2) is 64.5 Å². The Labute approximate surface area is 165 Å². The number of thiazole rings is 1. The van der Waals surface area contributed by atoms with E-state index >= 15 is 0 Å². The Kier molecular flexibility index (Phi) is 5.81. The quantitative estimate of drug-likeness (QED) is 0.338. The average Bonchev–Trinajstić information content (AvgIpc) is 3.12. The lowest BCUT2D eigenvalue weighted by Gasteiger charge is -2.09. The third-order valence-corrected chi connectivity index (χ3v) is 4.75. The van der Waals surface area contributed by atoms with Crippen molar-refractivity contribution in [2.45, 2.75) is 0 Å². The van der Waals surface area contributed by atoms with Crippen LogP contribution >= 0.6 is 11.3 Å². The number of aromatic hydroxyl groups is 3. The normalized spacial score (nSPS) is 11.8. The van der Waals surface area contributed by atoms with Crippen LogP contribution in [0.25, 0.3) is 11.3 Å². The molecule has 28 heavy (non-hydrogen) atoms. The van der Waals surface area contributed by atoms with Gasteiger partial charge in [0, 0.05) is 16.5 Å².